The number of carbonyl (C=O) groups is 3. The molecule has 74 valence electrons. The van der Waals surface area contributed by atoms with Gasteiger partial charge in [0.15, 0.2) is 0 Å². The molecule has 14 heavy (non-hydrogen) atoms. The summed E-state index contributed by atoms with van der Waals surface area (Å²) in [5, 5.41) is 0. The molecule has 0 aliphatic heterocycles. The molecule has 0 saturated carbocycles. The summed E-state index contributed by atoms with van der Waals surface area (Å²) in [6.07, 6.45) is 4.24. The van der Waals surface area contributed by atoms with Crippen LogP contribution in [-0.4, -0.2) is 23.4 Å². The van der Waals surface area contributed by atoms with E-state index in [2.05, 4.69) is 0 Å². The third kappa shape index (κ3) is 2.47. The molecule has 0 radical (unpaired) electrons. The lowest BCUT2D eigenvalue weighted by molar-refractivity contribution is -0.131. The minimum absolute atomic E-state index is 0.136. The highest BCUT2D eigenvalue weighted by atomic mass is 16.2. The van der Waals surface area contributed by atoms with Gasteiger partial charge in [0.2, 0.25) is 11.6 Å². The van der Waals surface area contributed by atoms with Crippen molar-refractivity contribution >= 4 is 17.3 Å². The minimum atomic E-state index is -0.605. The molecule has 0 aromatic carbocycles. The maximum Gasteiger partial charge on any atom is 0.225 e. The Hall–Kier alpha value is -1.55. The lowest BCUT2D eigenvalue weighted by atomic mass is 9.98. The van der Waals surface area contributed by atoms with E-state index in [1.165, 1.54) is 25.2 Å². The third-order valence-electron chi connectivity index (χ3n) is 1.99. The monoisotopic (exact) mass is 193 g/mol. The number of carbonyl (C=O) groups excluding carboxylic acids is 3. The van der Waals surface area contributed by atoms with Crippen molar-refractivity contribution in [3.8, 4) is 0 Å². The first-order valence-corrected chi connectivity index (χ1v) is 4.23. The van der Waals surface area contributed by atoms with E-state index in [1.807, 2.05) is 0 Å². The normalized spacial score (nSPS) is 18.0. The van der Waals surface area contributed by atoms with E-state index in [-0.39, 0.29) is 5.78 Å². The Balaban J connectivity index is 2.68. The van der Waals surface area contributed by atoms with Gasteiger partial charge in [-0.2, -0.15) is 0 Å². The molecule has 4 nitrogen and oxygen atoms in total. The topological polar surface area (TPSA) is 77.2 Å². The molecule has 0 spiro atoms. The van der Waals surface area contributed by atoms with Gasteiger partial charge in [-0.3, -0.25) is 14.4 Å². The minimum Gasteiger partial charge on any atom is -0.321 e. The van der Waals surface area contributed by atoms with Crippen molar-refractivity contribution in [1.29, 1.82) is 0 Å². The second-order valence-corrected chi connectivity index (χ2v) is 3.20. The SMILES string of the molecule is CC(=O)[C@@H](N)CC1=CC(=O)C(=O)C=C1. The van der Waals surface area contributed by atoms with Crippen LogP contribution in [0.5, 0.6) is 0 Å². The van der Waals surface area contributed by atoms with E-state index in [9.17, 15) is 14.4 Å². The van der Waals surface area contributed by atoms with Crippen molar-refractivity contribution in [2.45, 2.75) is 19.4 Å². The van der Waals surface area contributed by atoms with Gasteiger partial charge in [-0.05, 0) is 31.1 Å². The summed E-state index contributed by atoms with van der Waals surface area (Å²) < 4.78 is 0. The van der Waals surface area contributed by atoms with Crippen LogP contribution in [0.2, 0.25) is 0 Å². The fraction of sp³-hybridized carbons (Fsp3) is 0.300. The van der Waals surface area contributed by atoms with E-state index in [4.69, 9.17) is 5.73 Å². The summed E-state index contributed by atoms with van der Waals surface area (Å²) in [4.78, 5) is 32.6. The summed E-state index contributed by atoms with van der Waals surface area (Å²) in [6.45, 7) is 1.39. The molecule has 0 fully saturated rings. The quantitative estimate of drug-likeness (QED) is 0.502. The molecule has 0 aromatic heterocycles. The molecule has 0 amide bonds. The molecule has 1 rings (SSSR count). The number of hydrogen-bond donors (Lipinski definition) is 1. The van der Waals surface area contributed by atoms with Crippen LogP contribution in [0.3, 0.4) is 0 Å². The highest BCUT2D eigenvalue weighted by molar-refractivity contribution is 6.46. The Labute approximate surface area is 81.5 Å². The molecule has 4 heteroatoms. The molecule has 1 atom stereocenters. The van der Waals surface area contributed by atoms with Crippen LogP contribution in [0, 0.1) is 0 Å². The zero-order valence-electron chi connectivity index (χ0n) is 7.82. The average Bonchev–Trinajstić information content (AvgIpc) is 2.11. The highest BCUT2D eigenvalue weighted by Gasteiger charge is 2.16. The van der Waals surface area contributed by atoms with Crippen molar-refractivity contribution in [2.24, 2.45) is 5.73 Å². The predicted octanol–water partition coefficient (Wildman–Crippen LogP) is -0.0728. The van der Waals surface area contributed by atoms with E-state index < -0.39 is 17.6 Å². The van der Waals surface area contributed by atoms with Crippen LogP contribution in [0.25, 0.3) is 0 Å². The number of rotatable bonds is 3. The molecule has 1 aliphatic rings. The number of nitrogens with two attached hydrogens (primary N) is 1. The van der Waals surface area contributed by atoms with Gasteiger partial charge in [-0.15, -0.1) is 0 Å². The first-order valence-electron chi connectivity index (χ1n) is 4.23. The number of Topliss-reactive ketones (excluding diaryl/α,β-unsaturated/α-hetero) is 1. The van der Waals surface area contributed by atoms with Crippen molar-refractivity contribution in [2.75, 3.05) is 0 Å². The molecular weight excluding hydrogens is 182 g/mol. The summed E-state index contributed by atoms with van der Waals surface area (Å²) >= 11 is 0. The third-order valence-corrected chi connectivity index (χ3v) is 1.99. The van der Waals surface area contributed by atoms with E-state index in [0.717, 1.165) is 0 Å². The number of ketones is 3. The fourth-order valence-electron chi connectivity index (χ4n) is 1.08. The summed E-state index contributed by atoms with van der Waals surface area (Å²) in [5.74, 6) is -1.23. The van der Waals surface area contributed by atoms with Crippen molar-refractivity contribution in [3.05, 3.63) is 23.8 Å². The number of allylic oxidation sites excluding steroid dienone is 3. The summed E-state index contributed by atoms with van der Waals surface area (Å²) in [7, 11) is 0. The smallest absolute Gasteiger partial charge is 0.225 e. The summed E-state index contributed by atoms with van der Waals surface area (Å²) in [6, 6.07) is -0.605. The first-order chi connectivity index (χ1) is 6.50. The average molecular weight is 193 g/mol. The van der Waals surface area contributed by atoms with Gasteiger partial charge < -0.3 is 5.73 Å². The van der Waals surface area contributed by atoms with Gasteiger partial charge in [0.05, 0.1) is 6.04 Å². The summed E-state index contributed by atoms with van der Waals surface area (Å²) in [5.41, 5.74) is 6.13. The largest absolute Gasteiger partial charge is 0.321 e. The van der Waals surface area contributed by atoms with Gasteiger partial charge in [-0.25, -0.2) is 0 Å². The van der Waals surface area contributed by atoms with Crippen molar-refractivity contribution in [3.63, 3.8) is 0 Å². The standard InChI is InChI=1S/C10H11NO3/c1-6(12)8(11)4-7-2-3-9(13)10(14)5-7/h2-3,5,8H,4,11H2,1H3/t8-/m0/s1. The number of hydrogen-bond acceptors (Lipinski definition) is 4. The molecule has 0 aromatic rings. The Bertz CT molecular complexity index is 352. The van der Waals surface area contributed by atoms with E-state index >= 15 is 0 Å². The molecular formula is C10H11NO3. The van der Waals surface area contributed by atoms with Crippen LogP contribution in [0.15, 0.2) is 23.8 Å². The Kier molecular flexibility index (Phi) is 3.09. The fourth-order valence-corrected chi connectivity index (χ4v) is 1.08. The molecule has 0 heterocycles. The Morgan fingerprint density at radius 1 is 1.36 bits per heavy atom. The molecule has 0 saturated heterocycles. The zero-order chi connectivity index (χ0) is 10.7. The molecule has 2 N–H and O–H groups in total. The highest BCUT2D eigenvalue weighted by Crippen LogP contribution is 2.11. The zero-order valence-corrected chi connectivity index (χ0v) is 7.82. The van der Waals surface area contributed by atoms with Crippen LogP contribution < -0.4 is 5.73 Å². The van der Waals surface area contributed by atoms with Gasteiger partial charge >= 0.3 is 0 Å². The van der Waals surface area contributed by atoms with E-state index in [0.29, 0.717) is 12.0 Å². The maximum atomic E-state index is 11.0. The first kappa shape index (κ1) is 10.5. The second kappa shape index (κ2) is 4.11. The Morgan fingerprint density at radius 3 is 2.50 bits per heavy atom. The van der Waals surface area contributed by atoms with Gasteiger partial charge in [0.1, 0.15) is 5.78 Å². The van der Waals surface area contributed by atoms with Gasteiger partial charge in [0, 0.05) is 0 Å². The van der Waals surface area contributed by atoms with E-state index in [1.54, 1.807) is 0 Å². The molecule has 0 unspecified atom stereocenters. The van der Waals surface area contributed by atoms with Crippen LogP contribution in [-0.2, 0) is 14.4 Å². The lowest BCUT2D eigenvalue weighted by Gasteiger charge is -2.09. The maximum absolute atomic E-state index is 11.0. The predicted molar refractivity (Wildman–Crippen MR) is 50.5 cm³/mol. The van der Waals surface area contributed by atoms with Crippen LogP contribution >= 0.6 is 0 Å². The molecule has 1 aliphatic carbocycles. The lowest BCUT2D eigenvalue weighted by Crippen LogP contribution is -2.29. The van der Waals surface area contributed by atoms with Gasteiger partial charge in [0.25, 0.3) is 0 Å². The Morgan fingerprint density at radius 2 is 2.00 bits per heavy atom. The van der Waals surface area contributed by atoms with Crippen LogP contribution in [0.4, 0.5) is 0 Å². The molecule has 0 bridgehead atoms. The van der Waals surface area contributed by atoms with Crippen molar-refractivity contribution < 1.29 is 14.4 Å². The van der Waals surface area contributed by atoms with Gasteiger partial charge in [-0.1, -0.05) is 6.08 Å². The van der Waals surface area contributed by atoms with Crippen LogP contribution in [0.1, 0.15) is 13.3 Å². The second-order valence-electron chi connectivity index (χ2n) is 3.20. The van der Waals surface area contributed by atoms with Crippen molar-refractivity contribution in [1.82, 2.24) is 0 Å².